The first-order valence-corrected chi connectivity index (χ1v) is 3.45. The summed E-state index contributed by atoms with van der Waals surface area (Å²) in [7, 11) is 1.96. The first kappa shape index (κ1) is 7.34. The fourth-order valence-corrected chi connectivity index (χ4v) is 0.981. The zero-order chi connectivity index (χ0) is 7.40. The topological polar surface area (TPSA) is 47.9 Å². The van der Waals surface area contributed by atoms with Crippen LogP contribution in [0.2, 0.25) is 0 Å². The van der Waals surface area contributed by atoms with Gasteiger partial charge in [-0.15, -0.1) is 0 Å². The maximum atomic E-state index is 8.52. The number of nitrogens with one attached hydrogen (secondary N) is 1. The van der Waals surface area contributed by atoms with Gasteiger partial charge in [0.1, 0.15) is 6.73 Å². The van der Waals surface area contributed by atoms with Gasteiger partial charge >= 0.3 is 0 Å². The van der Waals surface area contributed by atoms with Crippen LogP contribution in [0.1, 0.15) is 6.42 Å². The molecule has 0 aromatic carbocycles. The van der Waals surface area contributed by atoms with Gasteiger partial charge in [-0.3, -0.25) is 4.99 Å². The number of aliphatic imine (C=N–C) groups is 1. The molecule has 0 bridgehead atoms. The second kappa shape index (κ2) is 3.41. The number of guanidine groups is 1. The van der Waals surface area contributed by atoms with E-state index in [1.807, 2.05) is 11.9 Å². The van der Waals surface area contributed by atoms with Crippen LogP contribution in [-0.2, 0) is 0 Å². The fourth-order valence-electron chi connectivity index (χ4n) is 0.981. The van der Waals surface area contributed by atoms with Crippen molar-refractivity contribution in [2.24, 2.45) is 4.99 Å². The van der Waals surface area contributed by atoms with E-state index >= 15 is 0 Å². The summed E-state index contributed by atoms with van der Waals surface area (Å²) >= 11 is 0. The van der Waals surface area contributed by atoms with Crippen molar-refractivity contribution in [3.05, 3.63) is 0 Å². The summed E-state index contributed by atoms with van der Waals surface area (Å²) in [6, 6.07) is 0. The Hall–Kier alpha value is -0.770. The second-order valence-corrected chi connectivity index (χ2v) is 2.32. The van der Waals surface area contributed by atoms with Gasteiger partial charge in [0.25, 0.3) is 0 Å². The van der Waals surface area contributed by atoms with Gasteiger partial charge in [-0.25, -0.2) is 0 Å². The number of nitrogens with zero attached hydrogens (tertiary/aromatic N) is 2. The zero-order valence-corrected chi connectivity index (χ0v) is 6.17. The van der Waals surface area contributed by atoms with Crippen molar-refractivity contribution in [3.8, 4) is 0 Å². The average Bonchev–Trinajstić information content (AvgIpc) is 1.94. The van der Waals surface area contributed by atoms with Gasteiger partial charge in [0.15, 0.2) is 5.96 Å². The Labute approximate surface area is 60.6 Å². The highest BCUT2D eigenvalue weighted by Gasteiger charge is 2.08. The van der Waals surface area contributed by atoms with E-state index < -0.39 is 0 Å². The van der Waals surface area contributed by atoms with Crippen LogP contribution in [0.5, 0.6) is 0 Å². The molecule has 0 radical (unpaired) electrons. The van der Waals surface area contributed by atoms with Gasteiger partial charge in [-0.05, 0) is 6.42 Å². The smallest absolute Gasteiger partial charge is 0.195 e. The van der Waals surface area contributed by atoms with Crippen molar-refractivity contribution < 1.29 is 5.11 Å². The molecule has 4 heteroatoms. The fraction of sp³-hybridized carbons (Fsp3) is 0.833. The van der Waals surface area contributed by atoms with E-state index in [2.05, 4.69) is 10.3 Å². The molecular weight excluding hydrogens is 130 g/mol. The van der Waals surface area contributed by atoms with Crippen LogP contribution in [0.4, 0.5) is 0 Å². The molecule has 0 fully saturated rings. The van der Waals surface area contributed by atoms with E-state index in [0.29, 0.717) is 0 Å². The molecule has 58 valence electrons. The predicted octanol–water partition coefficient (Wildman–Crippen LogP) is -0.783. The summed E-state index contributed by atoms with van der Waals surface area (Å²) in [6.45, 7) is 1.85. The molecule has 1 aliphatic heterocycles. The highest BCUT2D eigenvalue weighted by atomic mass is 16.3. The quantitative estimate of drug-likeness (QED) is 0.473. The lowest BCUT2D eigenvalue weighted by Crippen LogP contribution is -2.42. The van der Waals surface area contributed by atoms with Crippen LogP contribution in [0.3, 0.4) is 0 Å². The van der Waals surface area contributed by atoms with Gasteiger partial charge in [0, 0.05) is 20.1 Å². The standard InChI is InChI=1S/C6H13N3O/c1-9-4-2-3-7-6(9)8-5-10/h10H,2-5H2,1H3,(H,7,8). The Morgan fingerprint density at radius 3 is 3.20 bits per heavy atom. The molecule has 1 aliphatic rings. The van der Waals surface area contributed by atoms with Gasteiger partial charge in [-0.2, -0.15) is 0 Å². The SMILES string of the molecule is CN1CCCN=C1NCO. The summed E-state index contributed by atoms with van der Waals surface area (Å²) in [4.78, 5) is 6.17. The molecule has 0 saturated heterocycles. The molecular formula is C6H13N3O. The normalized spacial score (nSPS) is 18.6. The third-order valence-electron chi connectivity index (χ3n) is 1.51. The lowest BCUT2D eigenvalue weighted by Gasteiger charge is -2.24. The minimum Gasteiger partial charge on any atom is -0.376 e. The molecule has 4 nitrogen and oxygen atoms in total. The molecule has 0 unspecified atom stereocenters. The summed E-state index contributed by atoms with van der Waals surface area (Å²) in [5.74, 6) is 0.800. The highest BCUT2D eigenvalue weighted by molar-refractivity contribution is 5.80. The van der Waals surface area contributed by atoms with Crippen molar-refractivity contribution in [1.29, 1.82) is 0 Å². The van der Waals surface area contributed by atoms with E-state index in [1.54, 1.807) is 0 Å². The zero-order valence-electron chi connectivity index (χ0n) is 6.17. The summed E-state index contributed by atoms with van der Waals surface area (Å²) in [5, 5.41) is 11.3. The highest BCUT2D eigenvalue weighted by Crippen LogP contribution is 1.96. The largest absolute Gasteiger partial charge is 0.376 e. The molecule has 0 aliphatic carbocycles. The van der Waals surface area contributed by atoms with Crippen molar-refractivity contribution in [2.75, 3.05) is 26.9 Å². The van der Waals surface area contributed by atoms with E-state index in [-0.39, 0.29) is 6.73 Å². The number of aliphatic hydroxyl groups is 1. The van der Waals surface area contributed by atoms with Crippen LogP contribution >= 0.6 is 0 Å². The van der Waals surface area contributed by atoms with Crippen LogP contribution in [-0.4, -0.2) is 42.8 Å². The lowest BCUT2D eigenvalue weighted by molar-refractivity contribution is 0.276. The van der Waals surface area contributed by atoms with E-state index in [4.69, 9.17) is 5.11 Å². The molecule has 10 heavy (non-hydrogen) atoms. The van der Waals surface area contributed by atoms with Crippen LogP contribution in [0.15, 0.2) is 4.99 Å². The van der Waals surface area contributed by atoms with Crippen molar-refractivity contribution in [2.45, 2.75) is 6.42 Å². The van der Waals surface area contributed by atoms with Crippen LogP contribution < -0.4 is 5.32 Å². The molecule has 0 amide bonds. The van der Waals surface area contributed by atoms with E-state index in [0.717, 1.165) is 25.5 Å². The summed E-state index contributed by atoms with van der Waals surface area (Å²) < 4.78 is 0. The van der Waals surface area contributed by atoms with E-state index in [9.17, 15) is 0 Å². The molecule has 0 aromatic heterocycles. The van der Waals surface area contributed by atoms with Gasteiger partial charge in [0.2, 0.25) is 0 Å². The third kappa shape index (κ3) is 1.60. The predicted molar refractivity (Wildman–Crippen MR) is 39.8 cm³/mol. The molecule has 0 aromatic rings. The number of aliphatic hydroxyl groups excluding tert-OH is 1. The average molecular weight is 143 g/mol. The minimum absolute atomic E-state index is 0.0385. The molecule has 0 spiro atoms. The number of hydrogen-bond donors (Lipinski definition) is 2. The molecule has 0 atom stereocenters. The Balaban J connectivity index is 2.44. The Kier molecular flexibility index (Phi) is 2.50. The molecule has 0 saturated carbocycles. The van der Waals surface area contributed by atoms with Gasteiger partial charge in [0.05, 0.1) is 0 Å². The van der Waals surface area contributed by atoms with Crippen molar-refractivity contribution in [1.82, 2.24) is 10.2 Å². The van der Waals surface area contributed by atoms with Gasteiger partial charge in [-0.1, -0.05) is 0 Å². The van der Waals surface area contributed by atoms with Gasteiger partial charge < -0.3 is 15.3 Å². The Morgan fingerprint density at radius 2 is 2.60 bits per heavy atom. The van der Waals surface area contributed by atoms with E-state index in [1.165, 1.54) is 0 Å². The second-order valence-electron chi connectivity index (χ2n) is 2.32. The maximum Gasteiger partial charge on any atom is 0.195 e. The first-order chi connectivity index (χ1) is 4.84. The Morgan fingerprint density at radius 1 is 1.80 bits per heavy atom. The summed E-state index contributed by atoms with van der Waals surface area (Å²) in [5.41, 5.74) is 0. The maximum absolute atomic E-state index is 8.52. The minimum atomic E-state index is -0.0385. The lowest BCUT2D eigenvalue weighted by atomic mass is 10.3. The first-order valence-electron chi connectivity index (χ1n) is 3.45. The number of hydrogen-bond acceptors (Lipinski definition) is 4. The molecule has 2 N–H and O–H groups in total. The monoisotopic (exact) mass is 143 g/mol. The van der Waals surface area contributed by atoms with Crippen molar-refractivity contribution >= 4 is 5.96 Å². The summed E-state index contributed by atoms with van der Waals surface area (Å²) in [6.07, 6.45) is 1.10. The van der Waals surface area contributed by atoms with Crippen molar-refractivity contribution in [3.63, 3.8) is 0 Å². The number of rotatable bonds is 1. The molecule has 1 heterocycles. The Bertz CT molecular complexity index is 135. The third-order valence-corrected chi connectivity index (χ3v) is 1.51. The van der Waals surface area contributed by atoms with Crippen LogP contribution in [0.25, 0.3) is 0 Å². The van der Waals surface area contributed by atoms with Crippen LogP contribution in [0, 0.1) is 0 Å². The molecule has 1 rings (SSSR count).